The second-order valence-corrected chi connectivity index (χ2v) is 8.75. The number of fused-ring (bicyclic) bond motifs is 1. The van der Waals surface area contributed by atoms with Crippen molar-refractivity contribution < 1.29 is 19.1 Å². The molecule has 0 spiro atoms. The Balaban J connectivity index is 1.73. The minimum absolute atomic E-state index is 0.0440. The third-order valence-corrected chi connectivity index (χ3v) is 6.96. The van der Waals surface area contributed by atoms with E-state index >= 15 is 0 Å². The number of para-hydroxylation sites is 1. The average Bonchev–Trinajstić information content (AvgIpc) is 2.98. The van der Waals surface area contributed by atoms with Crippen molar-refractivity contribution in [3.63, 3.8) is 0 Å². The van der Waals surface area contributed by atoms with Crippen molar-refractivity contribution in [2.24, 2.45) is 17.8 Å². The molecule has 4 atom stereocenters. The van der Waals surface area contributed by atoms with E-state index in [9.17, 15) is 19.1 Å². The van der Waals surface area contributed by atoms with Crippen molar-refractivity contribution in [1.29, 1.82) is 0 Å². The van der Waals surface area contributed by atoms with Crippen LogP contribution in [0, 0.1) is 17.8 Å². The number of aromatic carboxylic acids is 1. The van der Waals surface area contributed by atoms with Crippen molar-refractivity contribution in [2.75, 3.05) is 4.90 Å². The molecule has 0 saturated heterocycles. The Bertz CT molecular complexity index is 1110. The highest BCUT2D eigenvalue weighted by Gasteiger charge is 2.52. The molecule has 0 aromatic heterocycles. The van der Waals surface area contributed by atoms with Gasteiger partial charge in [-0.15, -0.1) is 0 Å². The zero-order valence-electron chi connectivity index (χ0n) is 17.9. The Morgan fingerprint density at radius 2 is 1.97 bits per heavy atom. The third-order valence-electron chi connectivity index (χ3n) is 6.96. The van der Waals surface area contributed by atoms with Crippen LogP contribution in [0.4, 0.5) is 10.1 Å². The van der Waals surface area contributed by atoms with Gasteiger partial charge in [0.15, 0.2) is 0 Å². The van der Waals surface area contributed by atoms with E-state index in [1.54, 1.807) is 23.1 Å². The molecule has 160 valence electrons. The molecule has 2 aliphatic rings. The fourth-order valence-electron chi connectivity index (χ4n) is 4.98. The summed E-state index contributed by atoms with van der Waals surface area (Å²) in [4.78, 5) is 26.9. The lowest BCUT2D eigenvalue weighted by Crippen LogP contribution is -2.45. The van der Waals surface area contributed by atoms with Gasteiger partial charge in [-0.25, -0.2) is 9.18 Å². The number of benzene rings is 2. The Kier molecular flexibility index (Phi) is 5.29. The first-order valence-electron chi connectivity index (χ1n) is 10.5. The molecule has 0 saturated carbocycles. The van der Waals surface area contributed by atoms with Gasteiger partial charge in [-0.1, -0.05) is 50.3 Å². The molecular weight excluding hydrogens is 393 g/mol. The van der Waals surface area contributed by atoms with E-state index < -0.39 is 11.4 Å². The molecule has 0 bridgehead atoms. The van der Waals surface area contributed by atoms with Gasteiger partial charge in [-0.3, -0.25) is 4.79 Å². The summed E-state index contributed by atoms with van der Waals surface area (Å²) in [6.07, 6.45) is 4.98. The van der Waals surface area contributed by atoms with E-state index in [0.29, 0.717) is 0 Å². The molecule has 1 aliphatic carbocycles. The second kappa shape index (κ2) is 7.80. The maximum absolute atomic E-state index is 14.1. The molecular formula is C26H26FNO3. The van der Waals surface area contributed by atoms with Crippen LogP contribution in [0.2, 0.25) is 0 Å². The van der Waals surface area contributed by atoms with Crippen molar-refractivity contribution >= 4 is 17.6 Å². The van der Waals surface area contributed by atoms with Crippen LogP contribution in [0.25, 0.3) is 0 Å². The van der Waals surface area contributed by atoms with Gasteiger partial charge >= 0.3 is 5.97 Å². The van der Waals surface area contributed by atoms with Gasteiger partial charge < -0.3 is 10.0 Å². The van der Waals surface area contributed by atoms with E-state index in [1.807, 2.05) is 57.2 Å². The summed E-state index contributed by atoms with van der Waals surface area (Å²) in [7, 11) is 0. The highest BCUT2D eigenvalue weighted by atomic mass is 19.1. The smallest absolute Gasteiger partial charge is 0.335 e. The highest BCUT2D eigenvalue weighted by molar-refractivity contribution is 6.08. The normalized spacial score (nSPS) is 25.9. The zero-order valence-corrected chi connectivity index (χ0v) is 17.9. The number of nitrogens with zero attached hydrogens (tertiary/aromatic N) is 1. The number of halogens is 1. The fraction of sp³-hybridized carbons (Fsp3) is 0.308. The van der Waals surface area contributed by atoms with Crippen molar-refractivity contribution in [3.8, 4) is 0 Å². The van der Waals surface area contributed by atoms with E-state index in [1.165, 1.54) is 12.1 Å². The number of carbonyl (C=O) groups excluding carboxylic acids is 1. The summed E-state index contributed by atoms with van der Waals surface area (Å²) in [6.45, 7) is 6.30. The molecule has 0 radical (unpaired) electrons. The van der Waals surface area contributed by atoms with Gasteiger partial charge in [0, 0.05) is 5.69 Å². The topological polar surface area (TPSA) is 57.6 Å². The van der Waals surface area contributed by atoms with E-state index in [4.69, 9.17) is 0 Å². The lowest BCUT2D eigenvalue weighted by atomic mass is 9.64. The average molecular weight is 419 g/mol. The number of hydrogen-bond acceptors (Lipinski definition) is 2. The molecule has 1 heterocycles. The van der Waals surface area contributed by atoms with Crippen LogP contribution >= 0.6 is 0 Å². The van der Waals surface area contributed by atoms with E-state index in [2.05, 4.69) is 0 Å². The van der Waals surface area contributed by atoms with Crippen LogP contribution in [-0.4, -0.2) is 17.0 Å². The Hall–Kier alpha value is -3.21. The minimum Gasteiger partial charge on any atom is -0.478 e. The molecule has 4 nitrogen and oxygen atoms in total. The number of carboxylic acid groups (broad SMARTS) is 1. The quantitative estimate of drug-likeness (QED) is 0.696. The van der Waals surface area contributed by atoms with Crippen LogP contribution in [0.15, 0.2) is 72.6 Å². The molecule has 4 rings (SSSR count). The van der Waals surface area contributed by atoms with Crippen LogP contribution in [0.1, 0.15) is 42.3 Å². The lowest BCUT2D eigenvalue weighted by molar-refractivity contribution is -0.125. The van der Waals surface area contributed by atoms with E-state index in [-0.39, 0.29) is 41.6 Å². The van der Waals surface area contributed by atoms with Crippen molar-refractivity contribution in [2.45, 2.75) is 32.7 Å². The summed E-state index contributed by atoms with van der Waals surface area (Å²) in [5, 5.41) is 9.30. The molecule has 2 aromatic carbocycles. The molecule has 1 N–H and O–H groups in total. The molecule has 1 aliphatic heterocycles. The first-order chi connectivity index (χ1) is 14.7. The summed E-state index contributed by atoms with van der Waals surface area (Å²) >= 11 is 0. The van der Waals surface area contributed by atoms with Gasteiger partial charge in [0.2, 0.25) is 5.91 Å². The molecule has 2 unspecified atom stereocenters. The first-order valence-corrected chi connectivity index (χ1v) is 10.5. The van der Waals surface area contributed by atoms with Crippen LogP contribution in [0.3, 0.4) is 0 Å². The summed E-state index contributed by atoms with van der Waals surface area (Å²) < 4.78 is 14.1. The maximum Gasteiger partial charge on any atom is 0.335 e. The van der Waals surface area contributed by atoms with Gasteiger partial charge in [-0.05, 0) is 66.2 Å². The lowest BCUT2D eigenvalue weighted by Gasteiger charge is -2.38. The fourth-order valence-corrected chi connectivity index (χ4v) is 4.98. The highest BCUT2D eigenvalue weighted by Crippen LogP contribution is 2.50. The van der Waals surface area contributed by atoms with Crippen LogP contribution in [0.5, 0.6) is 0 Å². The Labute approximate surface area is 181 Å². The summed E-state index contributed by atoms with van der Waals surface area (Å²) in [5.74, 6) is -1.43. The number of anilines is 1. The molecule has 1 amide bonds. The molecule has 0 fully saturated rings. The second-order valence-electron chi connectivity index (χ2n) is 8.75. The van der Waals surface area contributed by atoms with Crippen LogP contribution < -0.4 is 4.90 Å². The summed E-state index contributed by atoms with van der Waals surface area (Å²) in [5.41, 5.74) is 1.88. The minimum atomic E-state index is -0.999. The SMILES string of the molecule is CC1C=CC(F)=CC1[C@H](C)[C@]1(C)C(=O)N(Cc2cccc(C(=O)O)c2)c2ccccc21. The first kappa shape index (κ1) is 21.0. The number of hydrogen-bond donors (Lipinski definition) is 1. The predicted octanol–water partition coefficient (Wildman–Crippen LogP) is 5.50. The Morgan fingerprint density at radius 1 is 1.23 bits per heavy atom. The van der Waals surface area contributed by atoms with Gasteiger partial charge in [0.25, 0.3) is 0 Å². The number of allylic oxidation sites excluding steroid dienone is 4. The number of rotatable bonds is 5. The van der Waals surface area contributed by atoms with Gasteiger partial charge in [-0.2, -0.15) is 0 Å². The monoisotopic (exact) mass is 419 g/mol. The van der Waals surface area contributed by atoms with Crippen molar-refractivity contribution in [3.05, 3.63) is 89.3 Å². The Morgan fingerprint density at radius 3 is 2.71 bits per heavy atom. The molecule has 5 heteroatoms. The standard InChI is InChI=1S/C26H26FNO3/c1-16-11-12-20(27)14-21(16)17(2)26(3)22-9-4-5-10-23(22)28(25(26)31)15-18-7-6-8-19(13-18)24(29)30/h4-14,16-17,21H,15H2,1-3H3,(H,29,30)/t16?,17-,21?,26-/m0/s1. The molecule has 2 aromatic rings. The number of amides is 1. The maximum atomic E-state index is 14.1. The predicted molar refractivity (Wildman–Crippen MR) is 119 cm³/mol. The number of carboxylic acids is 1. The van der Waals surface area contributed by atoms with Gasteiger partial charge in [0.05, 0.1) is 17.5 Å². The van der Waals surface area contributed by atoms with Crippen LogP contribution in [-0.2, 0) is 16.8 Å². The molecule has 31 heavy (non-hydrogen) atoms. The van der Waals surface area contributed by atoms with E-state index in [0.717, 1.165) is 16.8 Å². The van der Waals surface area contributed by atoms with Crippen molar-refractivity contribution in [1.82, 2.24) is 0 Å². The third kappa shape index (κ3) is 3.48. The number of carbonyl (C=O) groups is 2. The summed E-state index contributed by atoms with van der Waals surface area (Å²) in [6, 6.07) is 14.4. The largest absolute Gasteiger partial charge is 0.478 e. The zero-order chi connectivity index (χ0) is 22.3. The van der Waals surface area contributed by atoms with Gasteiger partial charge in [0.1, 0.15) is 5.83 Å².